The number of pyridine rings is 2. The zero-order valence-electron chi connectivity index (χ0n) is 27.9. The Balaban J connectivity index is 0.000000792. The largest absolute Gasteiger partial charge is 0.459 e. The van der Waals surface area contributed by atoms with Gasteiger partial charge in [0.15, 0.2) is 0 Å². The molecule has 2 aliphatic carbocycles. The summed E-state index contributed by atoms with van der Waals surface area (Å²) in [5, 5.41) is 0. The summed E-state index contributed by atoms with van der Waals surface area (Å²) >= 11 is 0. The lowest BCUT2D eigenvalue weighted by atomic mass is 9.73. The van der Waals surface area contributed by atoms with Gasteiger partial charge in [0.25, 0.3) is 0 Å². The molecular formula is C44H38N4O. The minimum absolute atomic E-state index is 0.534. The zero-order valence-corrected chi connectivity index (χ0v) is 27.9. The molecule has 0 radical (unpaired) electrons. The average molecular weight is 639 g/mol. The summed E-state index contributed by atoms with van der Waals surface area (Å²) in [5.74, 6) is 1.81. The van der Waals surface area contributed by atoms with Crippen LogP contribution in [0.5, 0.6) is 0 Å². The highest BCUT2D eigenvalue weighted by Gasteiger charge is 2.54. The van der Waals surface area contributed by atoms with E-state index in [2.05, 4.69) is 108 Å². The van der Waals surface area contributed by atoms with E-state index < -0.39 is 5.41 Å². The molecule has 0 aliphatic heterocycles. The van der Waals surface area contributed by atoms with E-state index in [0.717, 1.165) is 39.5 Å². The molecule has 8 rings (SSSR count). The highest BCUT2D eigenvalue weighted by molar-refractivity contribution is 6.14. The van der Waals surface area contributed by atoms with Gasteiger partial charge in [0.1, 0.15) is 16.9 Å². The van der Waals surface area contributed by atoms with Crippen LogP contribution in [0.15, 0.2) is 168 Å². The molecular weight excluding hydrogens is 601 g/mol. The molecule has 0 atom stereocenters. The molecule has 240 valence electrons. The van der Waals surface area contributed by atoms with Crippen molar-refractivity contribution in [3.05, 3.63) is 198 Å². The van der Waals surface area contributed by atoms with Crippen LogP contribution < -0.4 is 0 Å². The van der Waals surface area contributed by atoms with E-state index in [9.17, 15) is 0 Å². The van der Waals surface area contributed by atoms with Crippen LogP contribution in [0.3, 0.4) is 0 Å². The van der Waals surface area contributed by atoms with Crippen molar-refractivity contribution in [2.75, 3.05) is 7.05 Å². The van der Waals surface area contributed by atoms with Crippen molar-refractivity contribution < 1.29 is 4.42 Å². The number of allylic oxidation sites excluding steroid dienone is 3. The Morgan fingerprint density at radius 3 is 1.94 bits per heavy atom. The first kappa shape index (κ1) is 32.7. The molecule has 0 N–H and O–H groups in total. The van der Waals surface area contributed by atoms with E-state index in [4.69, 9.17) is 9.41 Å². The molecule has 0 amide bonds. The second kappa shape index (κ2) is 14.7. The summed E-state index contributed by atoms with van der Waals surface area (Å²) in [5.41, 5.74) is 12.1. The quantitative estimate of drug-likeness (QED) is 0.103. The van der Waals surface area contributed by atoms with Crippen LogP contribution in [-0.4, -0.2) is 29.4 Å². The molecule has 3 aromatic heterocycles. The number of benzene rings is 3. The van der Waals surface area contributed by atoms with Gasteiger partial charge in [-0.3, -0.25) is 15.0 Å². The predicted octanol–water partition coefficient (Wildman–Crippen LogP) is 10.2. The molecule has 49 heavy (non-hydrogen) atoms. The third-order valence-corrected chi connectivity index (χ3v) is 8.72. The highest BCUT2D eigenvalue weighted by Crippen LogP contribution is 2.63. The summed E-state index contributed by atoms with van der Waals surface area (Å²) in [4.78, 5) is 16.8. The Kier molecular flexibility index (Phi) is 9.82. The molecule has 1 spiro atoms. The molecule has 0 bridgehead atoms. The lowest BCUT2D eigenvalue weighted by molar-refractivity contribution is 0.467. The van der Waals surface area contributed by atoms with Crippen LogP contribution in [0.2, 0.25) is 0 Å². The van der Waals surface area contributed by atoms with E-state index in [0.29, 0.717) is 6.54 Å². The Morgan fingerprint density at radius 1 is 0.714 bits per heavy atom. The van der Waals surface area contributed by atoms with Crippen molar-refractivity contribution in [3.8, 4) is 22.3 Å². The van der Waals surface area contributed by atoms with Gasteiger partial charge in [0.05, 0.1) is 12.3 Å². The summed E-state index contributed by atoms with van der Waals surface area (Å²) in [6.45, 7) is 11.7. The zero-order chi connectivity index (χ0) is 34.2. The van der Waals surface area contributed by atoms with Gasteiger partial charge in [-0.1, -0.05) is 78.9 Å². The minimum atomic E-state index is -0.534. The van der Waals surface area contributed by atoms with Gasteiger partial charge < -0.3 is 9.41 Å². The molecule has 2 aliphatic rings. The molecule has 3 heterocycles. The summed E-state index contributed by atoms with van der Waals surface area (Å²) in [6.07, 6.45) is 15.4. The molecule has 3 aromatic carbocycles. The van der Waals surface area contributed by atoms with Gasteiger partial charge in [-0.15, -0.1) is 13.2 Å². The Bertz CT molecular complexity index is 2130. The summed E-state index contributed by atoms with van der Waals surface area (Å²) in [6, 6.07) is 34.6. The van der Waals surface area contributed by atoms with Gasteiger partial charge in [-0.05, 0) is 95.1 Å². The second-order valence-electron chi connectivity index (χ2n) is 11.5. The van der Waals surface area contributed by atoms with Crippen molar-refractivity contribution >= 4 is 18.5 Å². The Morgan fingerprint density at radius 2 is 1.31 bits per heavy atom. The second-order valence-corrected chi connectivity index (χ2v) is 11.5. The Hall–Kier alpha value is -6.20. The van der Waals surface area contributed by atoms with Crippen LogP contribution in [0, 0.1) is 0 Å². The first-order chi connectivity index (χ1) is 24.2. The number of nitrogens with zero attached hydrogens (tertiary/aromatic N) is 4. The van der Waals surface area contributed by atoms with Gasteiger partial charge in [0, 0.05) is 48.5 Å². The molecule has 0 saturated heterocycles. The normalized spacial score (nSPS) is 13.1. The van der Waals surface area contributed by atoms with Crippen molar-refractivity contribution in [2.24, 2.45) is 9.98 Å². The van der Waals surface area contributed by atoms with E-state index in [1.165, 1.54) is 33.4 Å². The van der Waals surface area contributed by atoms with E-state index >= 15 is 0 Å². The first-order valence-corrected chi connectivity index (χ1v) is 16.2. The molecule has 5 heteroatoms. The molecule has 0 saturated carbocycles. The fourth-order valence-corrected chi connectivity index (χ4v) is 6.88. The first-order valence-electron chi connectivity index (χ1n) is 16.2. The predicted molar refractivity (Wildman–Crippen MR) is 203 cm³/mol. The topological polar surface area (TPSA) is 63.6 Å². The van der Waals surface area contributed by atoms with Gasteiger partial charge in [-0.25, -0.2) is 0 Å². The van der Waals surface area contributed by atoms with Crippen LogP contribution in [-0.2, 0) is 12.0 Å². The molecule has 5 nitrogen and oxygen atoms in total. The fourth-order valence-electron chi connectivity index (χ4n) is 6.88. The lowest BCUT2D eigenvalue weighted by Crippen LogP contribution is -2.25. The molecule has 0 fully saturated rings. The molecule has 6 aromatic rings. The van der Waals surface area contributed by atoms with E-state index in [1.54, 1.807) is 7.05 Å². The number of aliphatic imine (C=N–C) groups is 2. The summed E-state index contributed by atoms with van der Waals surface area (Å²) < 4.78 is 6.83. The minimum Gasteiger partial charge on any atom is -0.459 e. The lowest BCUT2D eigenvalue weighted by Gasteiger charge is -2.28. The van der Waals surface area contributed by atoms with Crippen LogP contribution in [0.1, 0.15) is 51.8 Å². The van der Waals surface area contributed by atoms with Gasteiger partial charge >= 0.3 is 0 Å². The fraction of sp³-hybridized carbons (Fsp3) is 0.0909. The molecule has 0 unspecified atom stereocenters. The van der Waals surface area contributed by atoms with Crippen molar-refractivity contribution in [1.82, 2.24) is 9.97 Å². The van der Waals surface area contributed by atoms with Crippen LogP contribution in [0.4, 0.5) is 0 Å². The smallest absolute Gasteiger partial charge is 0.131 e. The highest BCUT2D eigenvalue weighted by atomic mass is 16.3. The maximum Gasteiger partial charge on any atom is 0.131 e. The third-order valence-electron chi connectivity index (χ3n) is 8.72. The third kappa shape index (κ3) is 5.80. The van der Waals surface area contributed by atoms with Gasteiger partial charge in [-0.2, -0.15) is 0 Å². The number of aromatic nitrogens is 2. The average Bonchev–Trinajstić information content (AvgIpc) is 3.79. The standard InChI is InChI=1S/C40H29N3O.C2H5N.C2H4/c1-2-3-4-9-30-25-34-33-24-29(38(28-18-22-42-23-19-28)43-26-27-16-20-41-21-17-27)14-15-37(33)40(39(34)44-30)35-12-7-5-10-31(35)32-11-6-8-13-36(32)40;1-3-2;1-2/h2-25H,26H2,1H3;1H2,2H3;1-2H2/b3-2-,9-4-,43-38?;;. The van der Waals surface area contributed by atoms with E-state index in [-0.39, 0.29) is 0 Å². The monoisotopic (exact) mass is 638 g/mol. The van der Waals surface area contributed by atoms with Crippen molar-refractivity contribution in [3.63, 3.8) is 0 Å². The van der Waals surface area contributed by atoms with Crippen molar-refractivity contribution in [1.29, 1.82) is 0 Å². The van der Waals surface area contributed by atoms with Crippen LogP contribution in [0.25, 0.3) is 28.3 Å². The summed E-state index contributed by atoms with van der Waals surface area (Å²) in [7, 11) is 1.64. The van der Waals surface area contributed by atoms with Crippen molar-refractivity contribution in [2.45, 2.75) is 18.9 Å². The Labute approximate surface area is 288 Å². The SMILES string of the molecule is C/C=C\C=C/c1cc2c(o1)C1(c3ccccc3-c3ccccc31)c1ccc(C(=NCc3ccncc3)c3ccncc3)cc1-2.C=C.C=NC. The number of rotatable bonds is 6. The number of hydrogen-bond donors (Lipinski definition) is 0. The maximum absolute atomic E-state index is 6.83. The van der Waals surface area contributed by atoms with Gasteiger partial charge in [0.2, 0.25) is 0 Å². The maximum atomic E-state index is 6.83. The number of furan rings is 1. The van der Waals surface area contributed by atoms with E-state index in [1.807, 2.05) is 80.3 Å². The number of hydrogen-bond acceptors (Lipinski definition) is 5. The number of fused-ring (bicyclic) bond motifs is 10. The van der Waals surface area contributed by atoms with Crippen LogP contribution >= 0.6 is 0 Å².